The van der Waals surface area contributed by atoms with Crippen molar-refractivity contribution in [3.05, 3.63) is 34.6 Å². The molecule has 2 N–H and O–H groups in total. The minimum Gasteiger partial charge on any atom is -0.330 e. The van der Waals surface area contributed by atoms with Gasteiger partial charge in [0.1, 0.15) is 5.82 Å². The van der Waals surface area contributed by atoms with E-state index in [9.17, 15) is 4.39 Å². The Morgan fingerprint density at radius 2 is 2.21 bits per heavy atom. The predicted molar refractivity (Wildman–Crippen MR) is 77.8 cm³/mol. The number of rotatable bonds is 3. The summed E-state index contributed by atoms with van der Waals surface area (Å²) < 4.78 is 13.3. The van der Waals surface area contributed by atoms with Gasteiger partial charge in [-0.25, -0.2) is 4.39 Å². The minimum absolute atomic E-state index is 0.202. The first-order valence-electron chi connectivity index (χ1n) is 7.06. The number of nitrogens with zero attached hydrogens (tertiary/aromatic N) is 1. The first-order chi connectivity index (χ1) is 9.17. The molecule has 0 saturated carbocycles. The molecule has 0 radical (unpaired) electrons. The Labute approximate surface area is 119 Å². The lowest BCUT2D eigenvalue weighted by molar-refractivity contribution is 0.166. The zero-order chi connectivity index (χ0) is 13.8. The second kappa shape index (κ2) is 6.69. The Kier molecular flexibility index (Phi) is 5.20. The molecule has 2 rings (SSSR count). The maximum Gasteiger partial charge on any atom is 0.141 e. The van der Waals surface area contributed by atoms with E-state index in [1.165, 1.54) is 18.9 Å². The van der Waals surface area contributed by atoms with Gasteiger partial charge in [0.05, 0.1) is 5.02 Å². The average Bonchev–Trinajstić information content (AvgIpc) is 2.63. The van der Waals surface area contributed by atoms with Crippen LogP contribution in [0, 0.1) is 11.7 Å². The molecule has 0 aromatic heterocycles. The topological polar surface area (TPSA) is 29.3 Å². The maximum atomic E-state index is 13.3. The standard InChI is InChI=1S/C15H22ClFN2/c1-2-19-8-4-3-5-12(10-18)15(19)11-6-7-14(17)13(16)9-11/h6-7,9,12,15H,2-5,8,10,18H2,1H3. The number of halogens is 2. The highest BCUT2D eigenvalue weighted by Crippen LogP contribution is 2.35. The molecular weight excluding hydrogens is 263 g/mol. The van der Waals surface area contributed by atoms with Crippen molar-refractivity contribution in [3.8, 4) is 0 Å². The third kappa shape index (κ3) is 3.28. The van der Waals surface area contributed by atoms with E-state index in [4.69, 9.17) is 17.3 Å². The van der Waals surface area contributed by atoms with Crippen molar-refractivity contribution < 1.29 is 4.39 Å². The molecule has 2 nitrogen and oxygen atoms in total. The molecule has 0 aliphatic carbocycles. The van der Waals surface area contributed by atoms with Crippen LogP contribution in [0.15, 0.2) is 18.2 Å². The molecular formula is C15H22ClFN2. The summed E-state index contributed by atoms with van der Waals surface area (Å²) in [5.41, 5.74) is 7.04. The predicted octanol–water partition coefficient (Wildman–Crippen LogP) is 3.60. The number of hydrogen-bond donors (Lipinski definition) is 1. The fraction of sp³-hybridized carbons (Fsp3) is 0.600. The van der Waals surface area contributed by atoms with Crippen molar-refractivity contribution in [2.45, 2.75) is 32.2 Å². The van der Waals surface area contributed by atoms with E-state index in [-0.39, 0.29) is 16.9 Å². The summed E-state index contributed by atoms with van der Waals surface area (Å²) >= 11 is 5.93. The normalized spacial score (nSPS) is 25.3. The van der Waals surface area contributed by atoms with Crippen LogP contribution < -0.4 is 5.73 Å². The van der Waals surface area contributed by atoms with E-state index in [2.05, 4.69) is 11.8 Å². The monoisotopic (exact) mass is 284 g/mol. The minimum atomic E-state index is -0.355. The smallest absolute Gasteiger partial charge is 0.141 e. The number of likely N-dealkylation sites (tertiary alicyclic amines) is 1. The van der Waals surface area contributed by atoms with E-state index in [1.807, 2.05) is 6.07 Å². The summed E-state index contributed by atoms with van der Waals surface area (Å²) in [6.45, 7) is 4.88. The van der Waals surface area contributed by atoms with Crippen LogP contribution in [0.4, 0.5) is 4.39 Å². The van der Waals surface area contributed by atoms with Crippen LogP contribution in [-0.2, 0) is 0 Å². The van der Waals surface area contributed by atoms with Crippen molar-refractivity contribution in [3.63, 3.8) is 0 Å². The van der Waals surface area contributed by atoms with Crippen molar-refractivity contribution in [1.29, 1.82) is 0 Å². The fourth-order valence-corrected chi connectivity index (χ4v) is 3.29. The van der Waals surface area contributed by atoms with Gasteiger partial charge in [0.15, 0.2) is 0 Å². The summed E-state index contributed by atoms with van der Waals surface area (Å²) in [6, 6.07) is 5.33. The summed E-state index contributed by atoms with van der Waals surface area (Å²) in [4.78, 5) is 2.44. The highest BCUT2D eigenvalue weighted by molar-refractivity contribution is 6.30. The van der Waals surface area contributed by atoms with Gasteiger partial charge in [-0.1, -0.05) is 31.0 Å². The molecule has 1 saturated heterocycles. The molecule has 106 valence electrons. The quantitative estimate of drug-likeness (QED) is 0.919. The molecule has 0 amide bonds. The van der Waals surface area contributed by atoms with Gasteiger partial charge in [0.25, 0.3) is 0 Å². The highest BCUT2D eigenvalue weighted by atomic mass is 35.5. The Bertz CT molecular complexity index is 411. The van der Waals surface area contributed by atoms with Crippen LogP contribution in [0.5, 0.6) is 0 Å². The summed E-state index contributed by atoms with van der Waals surface area (Å²) in [5, 5.41) is 0.202. The molecule has 4 heteroatoms. The Balaban J connectivity index is 2.36. The van der Waals surface area contributed by atoms with Crippen LogP contribution >= 0.6 is 11.6 Å². The molecule has 1 fully saturated rings. The number of hydrogen-bond acceptors (Lipinski definition) is 2. The molecule has 0 spiro atoms. The fourth-order valence-electron chi connectivity index (χ4n) is 3.10. The zero-order valence-corrected chi connectivity index (χ0v) is 12.2. The maximum absolute atomic E-state index is 13.3. The number of nitrogens with two attached hydrogens (primary N) is 1. The van der Waals surface area contributed by atoms with Crippen molar-refractivity contribution in [1.82, 2.24) is 4.90 Å². The van der Waals surface area contributed by atoms with Crippen molar-refractivity contribution >= 4 is 11.6 Å². The van der Waals surface area contributed by atoms with Gasteiger partial charge < -0.3 is 5.73 Å². The lowest BCUT2D eigenvalue weighted by Gasteiger charge is -2.34. The van der Waals surface area contributed by atoms with Gasteiger partial charge in [0, 0.05) is 6.04 Å². The second-order valence-corrected chi connectivity index (χ2v) is 5.65. The Hall–Kier alpha value is -0.640. The first-order valence-corrected chi connectivity index (χ1v) is 7.44. The van der Waals surface area contributed by atoms with Gasteiger partial charge in [-0.05, 0) is 56.1 Å². The molecule has 1 aliphatic rings. The van der Waals surface area contributed by atoms with E-state index in [0.29, 0.717) is 12.5 Å². The van der Waals surface area contributed by atoms with Gasteiger partial charge in [-0.3, -0.25) is 4.90 Å². The molecule has 2 unspecified atom stereocenters. The lowest BCUT2D eigenvalue weighted by atomic mass is 9.89. The second-order valence-electron chi connectivity index (χ2n) is 5.24. The van der Waals surface area contributed by atoms with Crippen LogP contribution in [0.2, 0.25) is 5.02 Å². The number of benzene rings is 1. The highest BCUT2D eigenvalue weighted by Gasteiger charge is 2.29. The van der Waals surface area contributed by atoms with Crippen LogP contribution in [0.25, 0.3) is 0 Å². The molecule has 1 aliphatic heterocycles. The Morgan fingerprint density at radius 3 is 2.84 bits per heavy atom. The van der Waals surface area contributed by atoms with E-state index in [0.717, 1.165) is 25.1 Å². The van der Waals surface area contributed by atoms with Gasteiger partial charge >= 0.3 is 0 Å². The van der Waals surface area contributed by atoms with E-state index in [1.54, 1.807) is 6.07 Å². The van der Waals surface area contributed by atoms with Crippen LogP contribution in [-0.4, -0.2) is 24.5 Å². The molecule has 2 atom stereocenters. The van der Waals surface area contributed by atoms with Crippen LogP contribution in [0.3, 0.4) is 0 Å². The largest absolute Gasteiger partial charge is 0.330 e. The van der Waals surface area contributed by atoms with E-state index < -0.39 is 0 Å². The zero-order valence-electron chi connectivity index (χ0n) is 11.4. The van der Waals surface area contributed by atoms with Gasteiger partial charge in [-0.2, -0.15) is 0 Å². The first kappa shape index (κ1) is 14.8. The molecule has 1 aromatic carbocycles. The van der Waals surface area contributed by atoms with E-state index >= 15 is 0 Å². The SMILES string of the molecule is CCN1CCCCC(CN)C1c1ccc(F)c(Cl)c1. The molecule has 19 heavy (non-hydrogen) atoms. The lowest BCUT2D eigenvalue weighted by Crippen LogP contribution is -2.35. The summed E-state index contributed by atoms with van der Waals surface area (Å²) in [7, 11) is 0. The molecule has 1 heterocycles. The molecule has 1 aromatic rings. The summed E-state index contributed by atoms with van der Waals surface area (Å²) in [6.07, 6.45) is 3.55. The van der Waals surface area contributed by atoms with Gasteiger partial charge in [0.2, 0.25) is 0 Å². The third-order valence-corrected chi connectivity index (χ3v) is 4.39. The Morgan fingerprint density at radius 1 is 1.42 bits per heavy atom. The third-order valence-electron chi connectivity index (χ3n) is 4.10. The van der Waals surface area contributed by atoms with Gasteiger partial charge in [-0.15, -0.1) is 0 Å². The molecule has 0 bridgehead atoms. The van der Waals surface area contributed by atoms with Crippen LogP contribution in [0.1, 0.15) is 37.8 Å². The summed E-state index contributed by atoms with van der Waals surface area (Å²) in [5.74, 6) is 0.0652. The van der Waals surface area contributed by atoms with Crippen molar-refractivity contribution in [2.75, 3.05) is 19.6 Å². The average molecular weight is 285 g/mol. The van der Waals surface area contributed by atoms with Crippen molar-refractivity contribution in [2.24, 2.45) is 11.7 Å².